The van der Waals surface area contributed by atoms with Gasteiger partial charge in [-0.3, -0.25) is 0 Å². The van der Waals surface area contributed by atoms with Crippen LogP contribution in [0.1, 0.15) is 0 Å². The van der Waals surface area contributed by atoms with Crippen molar-refractivity contribution in [3.05, 3.63) is 70.7 Å². The van der Waals surface area contributed by atoms with Gasteiger partial charge in [0.1, 0.15) is 10.8 Å². The second kappa shape index (κ2) is 8.98. The summed E-state index contributed by atoms with van der Waals surface area (Å²) in [6, 6.07) is 14.8. The average Bonchev–Trinajstić information content (AvgIpc) is 2.74. The van der Waals surface area contributed by atoms with Crippen molar-refractivity contribution in [2.24, 2.45) is 8.80 Å². The number of allylic oxidation sites excluding steroid dienone is 2. The number of rotatable bonds is 4. The summed E-state index contributed by atoms with van der Waals surface area (Å²) in [7, 11) is -8.32. The number of sulfonamides is 2. The molecule has 12 heteroatoms. The van der Waals surface area contributed by atoms with E-state index in [2.05, 4.69) is 8.80 Å². The molecule has 1 aliphatic carbocycles. The van der Waals surface area contributed by atoms with E-state index in [1.807, 2.05) is 0 Å². The predicted molar refractivity (Wildman–Crippen MR) is 120 cm³/mol. The quantitative estimate of drug-likeness (QED) is 0.546. The van der Waals surface area contributed by atoms with Gasteiger partial charge in [-0.25, -0.2) is 0 Å². The molecule has 0 aromatic heterocycles. The van der Waals surface area contributed by atoms with Crippen LogP contribution in [0.15, 0.2) is 89.3 Å². The summed E-state index contributed by atoms with van der Waals surface area (Å²) in [5, 5.41) is -3.31. The highest BCUT2D eigenvalue weighted by molar-refractivity contribution is 7.90. The van der Waals surface area contributed by atoms with Crippen molar-refractivity contribution in [1.82, 2.24) is 0 Å². The summed E-state index contributed by atoms with van der Waals surface area (Å²) in [6.45, 7) is 0. The minimum Gasteiger partial charge on any atom is -0.199 e. The van der Waals surface area contributed by atoms with E-state index in [9.17, 15) is 16.8 Å². The Morgan fingerprint density at radius 3 is 1.20 bits per heavy atom. The van der Waals surface area contributed by atoms with Crippen molar-refractivity contribution in [2.45, 2.75) is 20.5 Å². The Balaban J connectivity index is 2.11. The number of benzene rings is 2. The topological polar surface area (TPSA) is 93.0 Å². The summed E-state index contributed by atoms with van der Waals surface area (Å²) in [5.74, 6) is 0. The molecule has 2 atom stereocenters. The second-order valence-corrected chi connectivity index (χ2v) is 10.9. The second-order valence-electron chi connectivity index (χ2n) is 5.96. The smallest absolute Gasteiger partial charge is 0.199 e. The lowest BCUT2D eigenvalue weighted by molar-refractivity contribution is 0.596. The van der Waals surface area contributed by atoms with Crippen LogP contribution in [0.4, 0.5) is 0 Å². The first kappa shape index (κ1) is 23.2. The van der Waals surface area contributed by atoms with Crippen molar-refractivity contribution in [3.63, 3.8) is 0 Å². The van der Waals surface area contributed by atoms with Gasteiger partial charge in [0.25, 0.3) is 20.0 Å². The van der Waals surface area contributed by atoms with E-state index in [1.54, 1.807) is 12.1 Å². The van der Waals surface area contributed by atoms with Crippen LogP contribution in [0, 0.1) is 0 Å². The van der Waals surface area contributed by atoms with Crippen molar-refractivity contribution in [1.29, 1.82) is 0 Å². The summed E-state index contributed by atoms with van der Waals surface area (Å²) in [5.41, 5.74) is -0.605. The zero-order valence-electron chi connectivity index (χ0n) is 14.8. The maximum absolute atomic E-state index is 12.6. The molecule has 0 saturated carbocycles. The van der Waals surface area contributed by atoms with E-state index in [1.165, 1.54) is 48.5 Å². The molecule has 0 radical (unpaired) electrons. The highest BCUT2D eigenvalue weighted by Gasteiger charge is 2.39. The van der Waals surface area contributed by atoms with E-state index in [0.29, 0.717) is 0 Å². The standard InChI is InChI=1S/C18H12Cl4N2O4S2/c19-13-15(21)18(24-30(27,28)12-9-5-2-6-10-12)16(22)14(20)17(13)23-29(25,26)11-7-3-1-4-8-11/h1-10,13,15H/t13-,15-/m0/s1. The molecule has 0 bridgehead atoms. The van der Waals surface area contributed by atoms with Gasteiger partial charge in [-0.1, -0.05) is 59.6 Å². The third-order valence-corrected chi connectivity index (χ3v) is 8.46. The van der Waals surface area contributed by atoms with Crippen LogP contribution in [0.25, 0.3) is 0 Å². The number of hydrogen-bond donors (Lipinski definition) is 0. The number of halogens is 4. The molecule has 3 rings (SSSR count). The van der Waals surface area contributed by atoms with Gasteiger partial charge in [-0.05, 0) is 24.3 Å². The minimum absolute atomic E-state index is 0.0841. The van der Waals surface area contributed by atoms with Gasteiger partial charge in [0, 0.05) is 0 Å². The fraction of sp³-hybridized carbons (Fsp3) is 0.111. The number of hydrogen-bond acceptors (Lipinski definition) is 4. The molecule has 0 N–H and O–H groups in total. The Morgan fingerprint density at radius 1 is 0.600 bits per heavy atom. The van der Waals surface area contributed by atoms with E-state index in [4.69, 9.17) is 46.4 Å². The monoisotopic (exact) mass is 524 g/mol. The average molecular weight is 526 g/mol. The van der Waals surface area contributed by atoms with E-state index < -0.39 is 30.8 Å². The van der Waals surface area contributed by atoms with E-state index >= 15 is 0 Å². The summed E-state index contributed by atoms with van der Waals surface area (Å²) >= 11 is 24.9. The Kier molecular flexibility index (Phi) is 6.96. The van der Waals surface area contributed by atoms with Gasteiger partial charge < -0.3 is 0 Å². The molecule has 2 aromatic rings. The largest absolute Gasteiger partial charge is 0.282 e. The zero-order valence-corrected chi connectivity index (χ0v) is 19.4. The zero-order chi connectivity index (χ0) is 22.1. The molecule has 0 saturated heterocycles. The van der Waals surface area contributed by atoms with Gasteiger partial charge in [-0.15, -0.1) is 23.2 Å². The molecule has 0 spiro atoms. The fourth-order valence-corrected chi connectivity index (χ4v) is 6.01. The third kappa shape index (κ3) is 4.74. The van der Waals surface area contributed by atoms with Gasteiger partial charge in [0.15, 0.2) is 0 Å². The molecular formula is C18H12Cl4N2O4S2. The summed E-state index contributed by atoms with van der Waals surface area (Å²) < 4.78 is 57.6. The lowest BCUT2D eigenvalue weighted by atomic mass is 10.0. The Labute approximate surface area is 194 Å². The van der Waals surface area contributed by atoms with Crippen molar-refractivity contribution < 1.29 is 16.8 Å². The lowest BCUT2D eigenvalue weighted by Crippen LogP contribution is -2.38. The van der Waals surface area contributed by atoms with Crippen LogP contribution in [0.2, 0.25) is 0 Å². The maximum atomic E-state index is 12.6. The molecule has 2 aromatic carbocycles. The van der Waals surface area contributed by atoms with Crippen molar-refractivity contribution in [3.8, 4) is 0 Å². The summed E-state index contributed by atoms with van der Waals surface area (Å²) in [6.07, 6.45) is 0. The SMILES string of the molecule is O=S(=O)(N=C1C(Cl)=C(Cl)C(=NS(=O)(=O)c2ccccc2)[C@@H](Cl)[C@@H]1Cl)c1ccccc1. The van der Waals surface area contributed by atoms with E-state index in [-0.39, 0.29) is 31.3 Å². The Morgan fingerprint density at radius 2 is 0.900 bits per heavy atom. The van der Waals surface area contributed by atoms with Crippen LogP contribution in [0.3, 0.4) is 0 Å². The fourth-order valence-electron chi connectivity index (χ4n) is 2.47. The van der Waals surface area contributed by atoms with E-state index in [0.717, 1.165) is 0 Å². The first-order valence-corrected chi connectivity index (χ1v) is 12.7. The molecule has 0 aliphatic heterocycles. The van der Waals surface area contributed by atoms with Crippen molar-refractivity contribution in [2.75, 3.05) is 0 Å². The summed E-state index contributed by atoms with van der Waals surface area (Å²) in [4.78, 5) is -0.168. The number of alkyl halides is 2. The molecule has 6 nitrogen and oxygen atoms in total. The number of nitrogens with zero attached hydrogens (tertiary/aromatic N) is 2. The molecule has 0 unspecified atom stereocenters. The first-order chi connectivity index (χ1) is 14.0. The molecular weight excluding hydrogens is 514 g/mol. The van der Waals surface area contributed by atoms with Crippen LogP contribution >= 0.6 is 46.4 Å². The normalized spacial score (nSPS) is 23.2. The molecule has 0 amide bonds. The van der Waals surface area contributed by atoms with Crippen LogP contribution in [-0.2, 0) is 20.0 Å². The van der Waals surface area contributed by atoms with Gasteiger partial charge in [-0.2, -0.15) is 25.6 Å². The Bertz CT molecular complexity index is 1160. The van der Waals surface area contributed by atoms with Gasteiger partial charge >= 0.3 is 0 Å². The van der Waals surface area contributed by atoms with Crippen LogP contribution in [0.5, 0.6) is 0 Å². The molecule has 0 heterocycles. The van der Waals surface area contributed by atoms with Crippen LogP contribution < -0.4 is 0 Å². The van der Waals surface area contributed by atoms with Gasteiger partial charge in [0.05, 0.1) is 31.3 Å². The van der Waals surface area contributed by atoms with Gasteiger partial charge in [0.2, 0.25) is 0 Å². The highest BCUT2D eigenvalue weighted by atomic mass is 35.5. The maximum Gasteiger partial charge on any atom is 0.282 e. The predicted octanol–water partition coefficient (Wildman–Crippen LogP) is 4.56. The minimum atomic E-state index is -4.16. The molecule has 1 aliphatic rings. The molecule has 158 valence electrons. The Hall–Kier alpha value is -1.42. The van der Waals surface area contributed by atoms with Crippen LogP contribution in [-0.4, -0.2) is 39.0 Å². The molecule has 30 heavy (non-hydrogen) atoms. The third-order valence-electron chi connectivity index (χ3n) is 3.94. The highest BCUT2D eigenvalue weighted by Crippen LogP contribution is 2.35. The first-order valence-electron chi connectivity index (χ1n) is 8.18. The van der Waals surface area contributed by atoms with Crippen molar-refractivity contribution >= 4 is 77.9 Å². The lowest BCUT2D eigenvalue weighted by Gasteiger charge is -2.25. The molecule has 0 fully saturated rings.